The topological polar surface area (TPSA) is 114 Å². The minimum absolute atomic E-state index is 0.0869. The smallest absolute Gasteiger partial charge is 0.292 e. The maximum absolute atomic E-state index is 14.4. The second-order valence-corrected chi connectivity index (χ2v) is 8.27. The molecule has 0 aliphatic carbocycles. The van der Waals surface area contributed by atoms with Crippen molar-refractivity contribution in [3.05, 3.63) is 55.6 Å². The second kappa shape index (κ2) is 8.11. The van der Waals surface area contributed by atoms with Gasteiger partial charge in [-0.25, -0.2) is 22.2 Å². The minimum Gasteiger partial charge on any atom is -0.292 e. The highest BCUT2D eigenvalue weighted by Gasteiger charge is 2.35. The molecule has 0 saturated heterocycles. The highest BCUT2D eigenvalue weighted by atomic mass is 35.5. The summed E-state index contributed by atoms with van der Waals surface area (Å²) in [5, 5.41) is 6.99. The zero-order valence-electron chi connectivity index (χ0n) is 15.3. The van der Waals surface area contributed by atoms with Crippen molar-refractivity contribution in [1.82, 2.24) is 9.13 Å². The molecule has 0 aliphatic rings. The zero-order valence-corrected chi connectivity index (χ0v) is 16.9. The lowest BCUT2D eigenvalue weighted by Crippen LogP contribution is -2.41. The number of rotatable bonds is 5. The van der Waals surface area contributed by atoms with Crippen molar-refractivity contribution in [2.75, 3.05) is 4.72 Å². The van der Waals surface area contributed by atoms with E-state index in [0.717, 1.165) is 7.05 Å². The molecule has 1 N–H and O–H groups in total. The lowest BCUT2D eigenvalue weighted by molar-refractivity contribution is -0.144. The van der Waals surface area contributed by atoms with Crippen LogP contribution in [0.3, 0.4) is 0 Å². The molecule has 0 fully saturated rings. The van der Waals surface area contributed by atoms with Gasteiger partial charge in [-0.2, -0.15) is 18.4 Å². The number of benzene rings is 1. The highest BCUT2D eigenvalue weighted by Crippen LogP contribution is 2.30. The van der Waals surface area contributed by atoms with Crippen LogP contribution in [0.1, 0.15) is 19.0 Å². The lowest BCUT2D eigenvalue weighted by atomic mass is 10.2. The summed E-state index contributed by atoms with van der Waals surface area (Å²) in [6, 6.07) is 2.90. The number of nitrogens with one attached hydrogen (secondary N) is 1. The normalized spacial score (nSPS) is 13.0. The summed E-state index contributed by atoms with van der Waals surface area (Å²) >= 11 is 5.81. The monoisotopic (exact) mass is 468 g/mol. The van der Waals surface area contributed by atoms with Crippen LogP contribution in [0, 0.1) is 17.1 Å². The van der Waals surface area contributed by atoms with Crippen LogP contribution in [0.4, 0.5) is 23.2 Å². The van der Waals surface area contributed by atoms with Crippen LogP contribution < -0.4 is 16.0 Å². The van der Waals surface area contributed by atoms with Crippen molar-refractivity contribution in [2.45, 2.75) is 24.8 Å². The minimum atomic E-state index is -5.02. The van der Waals surface area contributed by atoms with Crippen LogP contribution in [-0.4, -0.2) is 22.8 Å². The Balaban J connectivity index is 2.74. The molecule has 2 aromatic rings. The van der Waals surface area contributed by atoms with Crippen LogP contribution in [0.15, 0.2) is 27.8 Å². The van der Waals surface area contributed by atoms with Gasteiger partial charge in [0.25, 0.3) is 5.56 Å². The van der Waals surface area contributed by atoms with Gasteiger partial charge in [0.2, 0.25) is 10.0 Å². The predicted molar refractivity (Wildman–Crippen MR) is 99.5 cm³/mol. The van der Waals surface area contributed by atoms with E-state index < -0.39 is 60.6 Å². The average molecular weight is 469 g/mol. The number of hydrogen-bond acceptors (Lipinski definition) is 5. The van der Waals surface area contributed by atoms with E-state index in [4.69, 9.17) is 16.9 Å². The molecule has 8 nitrogen and oxygen atoms in total. The van der Waals surface area contributed by atoms with Crippen LogP contribution in [0.2, 0.25) is 5.02 Å². The van der Waals surface area contributed by atoms with E-state index in [9.17, 15) is 35.6 Å². The maximum atomic E-state index is 14.4. The number of nitriles is 1. The van der Waals surface area contributed by atoms with Crippen LogP contribution in [-0.2, 0) is 23.2 Å². The SMILES string of the molecule is CCC(C#N)S(=O)(=O)Nc1cc(-n2c(=O)cc(C(F)(F)F)n(C)c2=O)c(F)cc1Cl. The van der Waals surface area contributed by atoms with E-state index in [1.165, 1.54) is 6.92 Å². The standard InChI is InChI=1S/C16H13ClF4N4O4S/c1-3-8(7-22)30(28,29)23-11-5-12(10(18)4-9(11)17)25-14(26)6-13(16(19,20)21)24(2)15(25)27/h4-6,8,23H,3H2,1-2H3. The first-order valence-electron chi connectivity index (χ1n) is 8.05. The van der Waals surface area contributed by atoms with Crippen LogP contribution in [0.5, 0.6) is 0 Å². The Hall–Kier alpha value is -2.85. The molecule has 0 bridgehead atoms. The van der Waals surface area contributed by atoms with Crippen molar-refractivity contribution in [3.8, 4) is 11.8 Å². The van der Waals surface area contributed by atoms with E-state index in [1.54, 1.807) is 6.07 Å². The molecule has 14 heteroatoms. The van der Waals surface area contributed by atoms with Crippen molar-refractivity contribution in [3.63, 3.8) is 0 Å². The van der Waals surface area contributed by atoms with Crippen molar-refractivity contribution in [2.24, 2.45) is 7.05 Å². The van der Waals surface area contributed by atoms with Crippen molar-refractivity contribution >= 4 is 27.3 Å². The second-order valence-electron chi connectivity index (χ2n) is 6.00. The highest BCUT2D eigenvalue weighted by molar-refractivity contribution is 7.93. The lowest BCUT2D eigenvalue weighted by Gasteiger charge is -2.16. The number of hydrogen-bond donors (Lipinski definition) is 1. The molecule has 1 aromatic carbocycles. The summed E-state index contributed by atoms with van der Waals surface area (Å²) in [7, 11) is -3.57. The summed E-state index contributed by atoms with van der Waals surface area (Å²) in [4.78, 5) is 24.5. The Kier molecular flexibility index (Phi) is 6.34. The van der Waals surface area contributed by atoms with Gasteiger partial charge >= 0.3 is 11.9 Å². The summed E-state index contributed by atoms with van der Waals surface area (Å²) in [6.45, 7) is 1.43. The van der Waals surface area contributed by atoms with Gasteiger partial charge in [0.1, 0.15) is 11.5 Å². The molecule has 162 valence electrons. The Morgan fingerprint density at radius 2 is 1.87 bits per heavy atom. The fraction of sp³-hybridized carbons (Fsp3) is 0.312. The van der Waals surface area contributed by atoms with E-state index >= 15 is 0 Å². The molecule has 0 spiro atoms. The van der Waals surface area contributed by atoms with Gasteiger partial charge in [0, 0.05) is 13.1 Å². The summed E-state index contributed by atoms with van der Waals surface area (Å²) < 4.78 is 80.0. The molecule has 2 rings (SSSR count). The molecule has 0 saturated carbocycles. The first kappa shape index (κ1) is 23.4. The Labute approximate surface area is 172 Å². The van der Waals surface area contributed by atoms with Gasteiger partial charge in [0.05, 0.1) is 22.5 Å². The van der Waals surface area contributed by atoms with E-state index in [1.807, 2.05) is 4.72 Å². The molecule has 30 heavy (non-hydrogen) atoms. The van der Waals surface area contributed by atoms with Gasteiger partial charge in [0.15, 0.2) is 5.25 Å². The Bertz CT molecular complexity index is 1260. The molecule has 1 heterocycles. The van der Waals surface area contributed by atoms with Gasteiger partial charge in [-0.3, -0.25) is 14.1 Å². The first-order chi connectivity index (χ1) is 13.7. The number of anilines is 1. The molecule has 1 atom stereocenters. The first-order valence-corrected chi connectivity index (χ1v) is 9.98. The van der Waals surface area contributed by atoms with Gasteiger partial charge < -0.3 is 0 Å². The molecule has 0 aliphatic heterocycles. The third-order valence-electron chi connectivity index (χ3n) is 4.03. The fourth-order valence-electron chi connectivity index (χ4n) is 2.51. The van der Waals surface area contributed by atoms with E-state index in [0.29, 0.717) is 12.1 Å². The molecule has 1 unspecified atom stereocenters. The maximum Gasteiger partial charge on any atom is 0.431 e. The molecule has 0 radical (unpaired) electrons. The average Bonchev–Trinajstić information content (AvgIpc) is 2.61. The zero-order chi connectivity index (χ0) is 23.0. The Morgan fingerprint density at radius 1 is 1.27 bits per heavy atom. The van der Waals surface area contributed by atoms with Crippen molar-refractivity contribution < 1.29 is 26.0 Å². The van der Waals surface area contributed by atoms with Gasteiger partial charge in [-0.15, -0.1) is 0 Å². The molecule has 1 aromatic heterocycles. The number of alkyl halides is 3. The molecular formula is C16H13ClF4N4O4S. The van der Waals surface area contributed by atoms with Crippen molar-refractivity contribution in [1.29, 1.82) is 5.26 Å². The summed E-state index contributed by atoms with van der Waals surface area (Å²) in [6.07, 6.45) is -5.10. The van der Waals surface area contributed by atoms with Gasteiger partial charge in [-0.1, -0.05) is 18.5 Å². The predicted octanol–water partition coefficient (Wildman–Crippen LogP) is 2.39. The quantitative estimate of drug-likeness (QED) is 0.677. The summed E-state index contributed by atoms with van der Waals surface area (Å²) in [5.74, 6) is -1.27. The van der Waals surface area contributed by atoms with Crippen LogP contribution >= 0.6 is 11.6 Å². The number of halogens is 5. The van der Waals surface area contributed by atoms with E-state index in [-0.39, 0.29) is 21.6 Å². The molecule has 0 amide bonds. The third-order valence-corrected chi connectivity index (χ3v) is 6.03. The number of nitrogens with zero attached hydrogens (tertiary/aromatic N) is 3. The van der Waals surface area contributed by atoms with E-state index in [2.05, 4.69) is 0 Å². The molecular weight excluding hydrogens is 456 g/mol. The third kappa shape index (κ3) is 4.34. The van der Waals surface area contributed by atoms with Gasteiger partial charge in [-0.05, 0) is 18.6 Å². The summed E-state index contributed by atoms with van der Waals surface area (Å²) in [5.41, 5.74) is -5.88. The Morgan fingerprint density at radius 3 is 2.37 bits per heavy atom. The number of sulfonamides is 1. The fourth-order valence-corrected chi connectivity index (χ4v) is 3.96. The number of aromatic nitrogens is 2. The largest absolute Gasteiger partial charge is 0.431 e. The van der Waals surface area contributed by atoms with Crippen LogP contribution in [0.25, 0.3) is 5.69 Å².